The molecule has 3 unspecified atom stereocenters. The van der Waals surface area contributed by atoms with Crippen molar-refractivity contribution >= 4 is 22.5 Å². The van der Waals surface area contributed by atoms with E-state index in [1.54, 1.807) is 12.3 Å². The van der Waals surface area contributed by atoms with E-state index in [2.05, 4.69) is 34.4 Å². The molecule has 1 aliphatic carbocycles. The van der Waals surface area contributed by atoms with Gasteiger partial charge in [-0.2, -0.15) is 0 Å². The summed E-state index contributed by atoms with van der Waals surface area (Å²) < 4.78 is 34.4. The third kappa shape index (κ3) is 2.72. The van der Waals surface area contributed by atoms with Gasteiger partial charge in [0, 0.05) is 24.8 Å². The number of fused-ring (bicyclic) bond motifs is 5. The van der Waals surface area contributed by atoms with Gasteiger partial charge in [-0.05, 0) is 64.0 Å². The van der Waals surface area contributed by atoms with E-state index >= 15 is 0 Å². The van der Waals surface area contributed by atoms with E-state index in [9.17, 15) is 4.79 Å². The Hall–Kier alpha value is -2.45. The Labute approximate surface area is 192 Å². The van der Waals surface area contributed by atoms with Crippen molar-refractivity contribution in [2.75, 3.05) is 25.2 Å². The first-order valence-corrected chi connectivity index (χ1v) is 11.4. The van der Waals surface area contributed by atoms with E-state index in [1.165, 1.54) is 0 Å². The molecule has 8 heteroatoms. The third-order valence-corrected chi connectivity index (χ3v) is 8.19. The second kappa shape index (κ2) is 6.54. The zero-order valence-corrected chi connectivity index (χ0v) is 18.7. The minimum atomic E-state index is -2.48. The van der Waals surface area contributed by atoms with E-state index in [0.717, 1.165) is 36.5 Å². The van der Waals surface area contributed by atoms with Crippen molar-refractivity contribution in [3.63, 3.8) is 0 Å². The number of rotatable bonds is 4. The zero-order chi connectivity index (χ0) is 24.8. The molecule has 2 bridgehead atoms. The smallest absolute Gasteiger partial charge is 0.270 e. The van der Waals surface area contributed by atoms with Crippen LogP contribution in [0, 0.1) is 0 Å². The van der Waals surface area contributed by atoms with Gasteiger partial charge in [-0.3, -0.25) is 4.79 Å². The molecule has 3 aliphatic heterocycles. The number of carbonyl (C=O) groups is 1. The number of carbonyl (C=O) groups excluding carboxylic acids is 1. The first-order chi connectivity index (χ1) is 16.4. The summed E-state index contributed by atoms with van der Waals surface area (Å²) in [6.45, 7) is 6.66. The van der Waals surface area contributed by atoms with Crippen molar-refractivity contribution in [1.82, 2.24) is 20.6 Å². The quantitative estimate of drug-likeness (QED) is 0.755. The van der Waals surface area contributed by atoms with Gasteiger partial charge >= 0.3 is 0 Å². The van der Waals surface area contributed by atoms with Crippen LogP contribution in [0.2, 0.25) is 0 Å². The molecule has 8 nitrogen and oxygen atoms in total. The van der Waals surface area contributed by atoms with Gasteiger partial charge in [0.15, 0.2) is 0 Å². The molecule has 170 valence electrons. The van der Waals surface area contributed by atoms with E-state index < -0.39 is 18.1 Å². The molecule has 3 atom stereocenters. The van der Waals surface area contributed by atoms with Crippen molar-refractivity contribution in [2.24, 2.45) is 0 Å². The number of amides is 1. The van der Waals surface area contributed by atoms with Gasteiger partial charge in [0.2, 0.25) is 5.88 Å². The molecule has 0 radical (unpaired) electrons. The summed E-state index contributed by atoms with van der Waals surface area (Å²) in [5.41, 5.74) is -1.02. The molecule has 4 aliphatic rings. The van der Waals surface area contributed by atoms with Crippen molar-refractivity contribution in [3.8, 4) is 5.88 Å². The number of nitrogens with zero attached hydrogens (tertiary/aromatic N) is 3. The van der Waals surface area contributed by atoms with E-state index in [1.807, 2.05) is 13.0 Å². The number of anilines is 1. The van der Waals surface area contributed by atoms with Crippen LogP contribution in [0.15, 0.2) is 18.3 Å². The Bertz CT molecular complexity index is 1210. The highest BCUT2D eigenvalue weighted by molar-refractivity contribution is 6.03. The summed E-state index contributed by atoms with van der Waals surface area (Å²) in [5.74, 6) is 0.954. The molecule has 0 aromatic carbocycles. The molecule has 6 rings (SSSR count). The van der Waals surface area contributed by atoms with Crippen LogP contribution in [0.25, 0.3) is 10.8 Å². The van der Waals surface area contributed by atoms with Crippen LogP contribution in [0.3, 0.4) is 0 Å². The van der Waals surface area contributed by atoms with Gasteiger partial charge in [-0.15, -0.1) is 0 Å². The number of hydrogen-bond donors (Lipinski definition) is 2. The Morgan fingerprint density at radius 3 is 3.03 bits per heavy atom. The summed E-state index contributed by atoms with van der Waals surface area (Å²) in [4.78, 5) is 24.9. The normalized spacial score (nSPS) is 32.7. The van der Waals surface area contributed by atoms with E-state index in [0.29, 0.717) is 24.0 Å². The summed E-state index contributed by atoms with van der Waals surface area (Å²) in [6.07, 6.45) is 5.22. The number of methoxy groups -OCH3 is 1. The summed E-state index contributed by atoms with van der Waals surface area (Å²) in [6, 6.07) is 3.65. The van der Waals surface area contributed by atoms with Gasteiger partial charge in [0.05, 0.1) is 33.2 Å². The number of hydrogen-bond acceptors (Lipinski definition) is 7. The van der Waals surface area contributed by atoms with Crippen LogP contribution >= 0.6 is 0 Å². The lowest BCUT2D eigenvalue weighted by atomic mass is 9.76. The predicted molar refractivity (Wildman–Crippen MR) is 121 cm³/mol. The Morgan fingerprint density at radius 1 is 1.41 bits per heavy atom. The fraction of sp³-hybridized carbons (Fsp3) is 0.625. The number of pyridine rings is 2. The van der Waals surface area contributed by atoms with Gasteiger partial charge in [0.1, 0.15) is 18.1 Å². The van der Waals surface area contributed by atoms with Gasteiger partial charge in [-0.25, -0.2) is 9.97 Å². The standard InChI is InChI=1S/C24H31N5O3/c1-22(2)24(13-31-4)7-5-15(27-24)17-12-32-21-18-14(6-10-25-21)11-16(26-19(18)29(17)22)20(30)28-23(3)8-9-23/h6,10-11,15,17,27H,5,7-9,12-13H2,1-4H3,(H,28,30)/i4D3. The minimum Gasteiger partial charge on any atom is -0.475 e. The molecular formula is C24H31N5O3. The van der Waals surface area contributed by atoms with Crippen molar-refractivity contribution < 1.29 is 18.4 Å². The fourth-order valence-corrected chi connectivity index (χ4v) is 5.89. The Kier molecular flexibility index (Phi) is 3.49. The van der Waals surface area contributed by atoms with Crippen molar-refractivity contribution in [2.45, 2.75) is 75.2 Å². The molecule has 5 heterocycles. The topological polar surface area (TPSA) is 88.6 Å². The summed E-state index contributed by atoms with van der Waals surface area (Å²) >= 11 is 0. The SMILES string of the molecule is [2H]C([2H])([2H])OCC12CCC(N1)C1COc3nccc4cc(C(=O)NC5(C)CC5)nc(c34)N1C2(C)C. The maximum absolute atomic E-state index is 13.2. The summed E-state index contributed by atoms with van der Waals surface area (Å²) in [7, 11) is -2.48. The number of aromatic nitrogens is 2. The molecule has 2 aromatic heterocycles. The predicted octanol–water partition coefficient (Wildman–Crippen LogP) is 2.41. The van der Waals surface area contributed by atoms with Crippen LogP contribution in [-0.2, 0) is 4.74 Å². The second-order valence-corrected chi connectivity index (χ2v) is 10.5. The van der Waals surface area contributed by atoms with Crippen LogP contribution in [0.1, 0.15) is 61.1 Å². The van der Waals surface area contributed by atoms with E-state index in [4.69, 9.17) is 18.6 Å². The molecule has 0 spiro atoms. The minimum absolute atomic E-state index is 0.0403. The second-order valence-electron chi connectivity index (χ2n) is 10.5. The molecule has 1 saturated carbocycles. The largest absolute Gasteiger partial charge is 0.475 e. The van der Waals surface area contributed by atoms with Gasteiger partial charge < -0.3 is 25.0 Å². The highest BCUT2D eigenvalue weighted by atomic mass is 16.5. The zero-order valence-electron chi connectivity index (χ0n) is 21.7. The van der Waals surface area contributed by atoms with Crippen molar-refractivity contribution in [3.05, 3.63) is 24.0 Å². The lowest BCUT2D eigenvalue weighted by Gasteiger charge is -2.58. The average Bonchev–Trinajstić information content (AvgIpc) is 3.40. The molecule has 2 aromatic rings. The monoisotopic (exact) mass is 440 g/mol. The van der Waals surface area contributed by atoms with Crippen LogP contribution in [0.4, 0.5) is 5.82 Å². The van der Waals surface area contributed by atoms with Crippen LogP contribution in [0.5, 0.6) is 5.88 Å². The average molecular weight is 441 g/mol. The lowest BCUT2D eigenvalue weighted by Crippen LogP contribution is -2.77. The molecule has 3 fully saturated rings. The van der Waals surface area contributed by atoms with Gasteiger partial charge in [-0.1, -0.05) is 0 Å². The number of piperazine rings is 1. The third-order valence-electron chi connectivity index (χ3n) is 8.19. The van der Waals surface area contributed by atoms with Crippen LogP contribution in [-0.4, -0.2) is 64.8 Å². The molecule has 32 heavy (non-hydrogen) atoms. The highest BCUT2D eigenvalue weighted by Crippen LogP contribution is 2.50. The summed E-state index contributed by atoms with van der Waals surface area (Å²) in [5, 5.41) is 8.42. The maximum Gasteiger partial charge on any atom is 0.270 e. The Balaban J connectivity index is 1.49. The number of nitrogens with one attached hydrogen (secondary N) is 2. The first-order valence-electron chi connectivity index (χ1n) is 12.9. The number of ether oxygens (including phenoxy) is 2. The molecule has 2 saturated heterocycles. The lowest BCUT2D eigenvalue weighted by molar-refractivity contribution is 0.0445. The molecule has 2 N–H and O–H groups in total. The molecular weight excluding hydrogens is 406 g/mol. The fourth-order valence-electron chi connectivity index (χ4n) is 5.89. The highest BCUT2D eigenvalue weighted by Gasteiger charge is 2.61. The maximum atomic E-state index is 13.2. The van der Waals surface area contributed by atoms with E-state index in [-0.39, 0.29) is 30.1 Å². The van der Waals surface area contributed by atoms with Crippen LogP contribution < -0.4 is 20.3 Å². The first kappa shape index (κ1) is 17.1. The van der Waals surface area contributed by atoms with Crippen molar-refractivity contribution in [1.29, 1.82) is 0 Å². The Morgan fingerprint density at radius 2 is 2.25 bits per heavy atom. The van der Waals surface area contributed by atoms with Gasteiger partial charge in [0.25, 0.3) is 5.91 Å². The molecule has 1 amide bonds.